The second-order valence-corrected chi connectivity index (χ2v) is 6.52. The van der Waals surface area contributed by atoms with Crippen LogP contribution in [0.4, 0.5) is 5.69 Å². The highest BCUT2D eigenvalue weighted by atomic mass is 32.2. The molecule has 1 amide bonds. The fraction of sp³-hybridized carbons (Fsp3) is 0.571. The van der Waals surface area contributed by atoms with Crippen LogP contribution in [0.15, 0.2) is 18.3 Å². The van der Waals surface area contributed by atoms with Crippen molar-refractivity contribution >= 4 is 23.4 Å². The molecule has 1 heterocycles. The van der Waals surface area contributed by atoms with E-state index in [4.69, 9.17) is 0 Å². The van der Waals surface area contributed by atoms with E-state index in [-0.39, 0.29) is 10.7 Å². The number of aromatic nitrogens is 1. The van der Waals surface area contributed by atoms with E-state index in [0.717, 1.165) is 18.7 Å². The molecule has 5 heteroatoms. The third kappa shape index (κ3) is 5.51. The average molecular weight is 281 g/mol. The lowest BCUT2D eigenvalue weighted by atomic mass is 10.2. The number of carbonyl (C=O) groups is 1. The number of thioether (sulfide) groups is 1. The van der Waals surface area contributed by atoms with E-state index in [1.165, 1.54) is 0 Å². The van der Waals surface area contributed by atoms with Crippen LogP contribution in [0.3, 0.4) is 0 Å². The largest absolute Gasteiger partial charge is 0.384 e. The SMILES string of the molecule is CCCNc1ccc(C(=O)NCC(C)(C)SC)nc1. The topological polar surface area (TPSA) is 54.0 Å². The van der Waals surface area contributed by atoms with Gasteiger partial charge >= 0.3 is 0 Å². The Balaban J connectivity index is 2.53. The zero-order valence-electron chi connectivity index (χ0n) is 12.1. The molecule has 0 aliphatic heterocycles. The number of rotatable bonds is 7. The van der Waals surface area contributed by atoms with Crippen LogP contribution in [0.25, 0.3) is 0 Å². The Morgan fingerprint density at radius 3 is 2.68 bits per heavy atom. The maximum absolute atomic E-state index is 11.9. The van der Waals surface area contributed by atoms with Crippen molar-refractivity contribution in [2.45, 2.75) is 31.9 Å². The number of nitrogens with one attached hydrogen (secondary N) is 2. The maximum Gasteiger partial charge on any atom is 0.269 e. The normalized spacial score (nSPS) is 11.2. The number of hydrogen-bond donors (Lipinski definition) is 2. The number of hydrogen-bond acceptors (Lipinski definition) is 4. The van der Waals surface area contributed by atoms with Crippen molar-refractivity contribution in [1.82, 2.24) is 10.3 Å². The monoisotopic (exact) mass is 281 g/mol. The van der Waals surface area contributed by atoms with Crippen LogP contribution < -0.4 is 10.6 Å². The summed E-state index contributed by atoms with van der Waals surface area (Å²) in [6.45, 7) is 7.85. The second kappa shape index (κ2) is 7.38. The van der Waals surface area contributed by atoms with Crippen LogP contribution in [0.5, 0.6) is 0 Å². The van der Waals surface area contributed by atoms with Gasteiger partial charge < -0.3 is 10.6 Å². The van der Waals surface area contributed by atoms with Crippen LogP contribution in [-0.4, -0.2) is 35.0 Å². The smallest absolute Gasteiger partial charge is 0.269 e. The minimum Gasteiger partial charge on any atom is -0.384 e. The standard InChI is InChI=1S/C14H23N3OS/c1-5-8-15-11-6-7-12(16-9-11)13(18)17-10-14(2,3)19-4/h6-7,9,15H,5,8,10H2,1-4H3,(H,17,18). The summed E-state index contributed by atoms with van der Waals surface area (Å²) in [7, 11) is 0. The summed E-state index contributed by atoms with van der Waals surface area (Å²) in [6, 6.07) is 3.64. The number of carbonyl (C=O) groups excluding carboxylic acids is 1. The van der Waals surface area contributed by atoms with Gasteiger partial charge in [0.2, 0.25) is 0 Å². The van der Waals surface area contributed by atoms with Crippen molar-refractivity contribution < 1.29 is 4.79 Å². The fourth-order valence-corrected chi connectivity index (χ4v) is 1.57. The number of amides is 1. The highest BCUT2D eigenvalue weighted by molar-refractivity contribution is 7.99. The molecule has 0 aliphatic carbocycles. The maximum atomic E-state index is 11.9. The van der Waals surface area contributed by atoms with Gasteiger partial charge in [0.05, 0.1) is 11.9 Å². The van der Waals surface area contributed by atoms with E-state index >= 15 is 0 Å². The van der Waals surface area contributed by atoms with Gasteiger partial charge in [0.1, 0.15) is 5.69 Å². The number of pyridine rings is 1. The molecule has 0 saturated carbocycles. The minimum absolute atomic E-state index is 0.0400. The van der Waals surface area contributed by atoms with Gasteiger partial charge in [-0.05, 0) is 38.7 Å². The second-order valence-electron chi connectivity index (χ2n) is 5.01. The Morgan fingerprint density at radius 1 is 1.42 bits per heavy atom. The fourth-order valence-electron chi connectivity index (χ4n) is 1.36. The molecule has 0 bridgehead atoms. The highest BCUT2D eigenvalue weighted by Gasteiger charge is 2.17. The van der Waals surface area contributed by atoms with Crippen molar-refractivity contribution in [3.8, 4) is 0 Å². The van der Waals surface area contributed by atoms with Crippen molar-refractivity contribution in [2.24, 2.45) is 0 Å². The van der Waals surface area contributed by atoms with E-state index in [1.54, 1.807) is 24.0 Å². The first kappa shape index (κ1) is 15.8. The van der Waals surface area contributed by atoms with Crippen LogP contribution in [0, 0.1) is 0 Å². The third-order valence-electron chi connectivity index (χ3n) is 2.80. The van der Waals surface area contributed by atoms with Gasteiger partial charge in [0.25, 0.3) is 5.91 Å². The molecule has 0 atom stereocenters. The Morgan fingerprint density at radius 2 is 2.16 bits per heavy atom. The van der Waals surface area contributed by atoms with Gasteiger partial charge in [-0.15, -0.1) is 0 Å². The lowest BCUT2D eigenvalue weighted by molar-refractivity contribution is 0.0946. The highest BCUT2D eigenvalue weighted by Crippen LogP contribution is 2.19. The summed E-state index contributed by atoms with van der Waals surface area (Å²) in [5.41, 5.74) is 1.40. The molecular formula is C14H23N3OS. The quantitative estimate of drug-likeness (QED) is 0.807. The third-order valence-corrected chi connectivity index (χ3v) is 4.05. The first-order valence-corrected chi connectivity index (χ1v) is 7.74. The first-order valence-electron chi connectivity index (χ1n) is 6.52. The summed E-state index contributed by atoms with van der Waals surface area (Å²) >= 11 is 1.73. The van der Waals surface area contributed by atoms with Crippen molar-refractivity contribution in [2.75, 3.05) is 24.7 Å². The van der Waals surface area contributed by atoms with E-state index in [0.29, 0.717) is 12.2 Å². The molecule has 0 radical (unpaired) electrons. The summed E-state index contributed by atoms with van der Waals surface area (Å²) < 4.78 is 0.0400. The molecule has 19 heavy (non-hydrogen) atoms. The van der Waals surface area contributed by atoms with Crippen molar-refractivity contribution in [3.63, 3.8) is 0 Å². The predicted octanol–water partition coefficient (Wildman–Crippen LogP) is 2.77. The van der Waals surface area contributed by atoms with Gasteiger partial charge in [-0.1, -0.05) is 6.92 Å². The van der Waals surface area contributed by atoms with Crippen LogP contribution in [0.1, 0.15) is 37.7 Å². The molecule has 4 nitrogen and oxygen atoms in total. The van der Waals surface area contributed by atoms with Crippen molar-refractivity contribution in [3.05, 3.63) is 24.0 Å². The molecule has 0 unspecified atom stereocenters. The predicted molar refractivity (Wildman–Crippen MR) is 82.9 cm³/mol. The lowest BCUT2D eigenvalue weighted by Crippen LogP contribution is -2.36. The summed E-state index contributed by atoms with van der Waals surface area (Å²) in [4.78, 5) is 16.1. The molecule has 1 aromatic heterocycles. The van der Waals surface area contributed by atoms with Crippen LogP contribution >= 0.6 is 11.8 Å². The molecule has 0 spiro atoms. The minimum atomic E-state index is -0.121. The summed E-state index contributed by atoms with van der Waals surface area (Å²) in [6.07, 6.45) is 4.80. The van der Waals surface area contributed by atoms with E-state index in [2.05, 4.69) is 36.4 Å². The Bertz CT molecular complexity index is 404. The van der Waals surface area contributed by atoms with Gasteiger partial charge in [-0.2, -0.15) is 11.8 Å². The Labute approximate surface area is 119 Å². The van der Waals surface area contributed by atoms with E-state index in [1.807, 2.05) is 12.3 Å². The molecule has 2 N–H and O–H groups in total. The van der Waals surface area contributed by atoms with Crippen LogP contribution in [-0.2, 0) is 0 Å². The summed E-state index contributed by atoms with van der Waals surface area (Å²) in [5, 5.41) is 6.14. The molecular weight excluding hydrogens is 258 g/mol. The van der Waals surface area contributed by atoms with Gasteiger partial charge in [0.15, 0.2) is 0 Å². The molecule has 0 aliphatic rings. The molecule has 106 valence electrons. The Kier molecular flexibility index (Phi) is 6.15. The zero-order valence-corrected chi connectivity index (χ0v) is 12.9. The number of nitrogens with zero attached hydrogens (tertiary/aromatic N) is 1. The van der Waals surface area contributed by atoms with Crippen LogP contribution in [0.2, 0.25) is 0 Å². The van der Waals surface area contributed by atoms with Crippen molar-refractivity contribution in [1.29, 1.82) is 0 Å². The first-order chi connectivity index (χ1) is 8.98. The van der Waals surface area contributed by atoms with Gasteiger partial charge in [-0.25, -0.2) is 4.98 Å². The lowest BCUT2D eigenvalue weighted by Gasteiger charge is -2.22. The summed E-state index contributed by atoms with van der Waals surface area (Å²) in [5.74, 6) is -0.121. The molecule has 1 rings (SSSR count). The molecule has 0 aromatic carbocycles. The molecule has 0 saturated heterocycles. The van der Waals surface area contributed by atoms with Gasteiger partial charge in [-0.3, -0.25) is 4.79 Å². The van der Waals surface area contributed by atoms with Gasteiger partial charge in [0, 0.05) is 17.8 Å². The zero-order chi connectivity index (χ0) is 14.3. The van der Waals surface area contributed by atoms with E-state index < -0.39 is 0 Å². The Hall–Kier alpha value is -1.23. The molecule has 1 aromatic rings. The van der Waals surface area contributed by atoms with E-state index in [9.17, 15) is 4.79 Å². The molecule has 0 fully saturated rings. The average Bonchev–Trinajstić information content (AvgIpc) is 2.43. The number of anilines is 1.